The first-order valence-electron chi connectivity index (χ1n) is 12.3. The average molecular weight is 528 g/mol. The fourth-order valence-electron chi connectivity index (χ4n) is 4.48. The maximum atomic E-state index is 12.9. The van der Waals surface area contributed by atoms with Crippen LogP contribution in [0.2, 0.25) is 0 Å². The molecule has 0 aliphatic heterocycles. The van der Waals surface area contributed by atoms with Gasteiger partial charge in [-0.05, 0) is 43.0 Å². The zero-order chi connectivity index (χ0) is 27.1. The number of anilines is 1. The molecule has 1 saturated carbocycles. The number of aromatic nitrogens is 3. The van der Waals surface area contributed by atoms with Crippen LogP contribution in [0, 0.1) is 5.92 Å². The molecule has 1 amide bonds. The predicted octanol–water partition coefficient (Wildman–Crippen LogP) is 5.19. The number of benzene rings is 1. The fourth-order valence-corrected chi connectivity index (χ4v) is 4.48. The van der Waals surface area contributed by atoms with Crippen LogP contribution in [0.3, 0.4) is 0 Å². The van der Waals surface area contributed by atoms with E-state index >= 15 is 0 Å². The molecule has 2 heterocycles. The Balaban J connectivity index is 1.45. The van der Waals surface area contributed by atoms with Gasteiger partial charge in [0.05, 0.1) is 30.7 Å². The number of hydrogen-bond donors (Lipinski definition) is 2. The van der Waals surface area contributed by atoms with Gasteiger partial charge in [-0.2, -0.15) is 13.2 Å². The third-order valence-corrected chi connectivity index (χ3v) is 6.54. The van der Waals surface area contributed by atoms with Gasteiger partial charge in [0.1, 0.15) is 5.82 Å². The van der Waals surface area contributed by atoms with Gasteiger partial charge in [0, 0.05) is 36.3 Å². The molecule has 1 aromatic carbocycles. The van der Waals surface area contributed by atoms with Crippen LogP contribution < -0.4 is 10.6 Å². The molecule has 1 aliphatic carbocycles. The highest BCUT2D eigenvalue weighted by Gasteiger charge is 2.30. The quantitative estimate of drug-likeness (QED) is 0.369. The standard InChI is InChI=1S/C27H28F3N5O3/c1-38-23(36)12-13-31-26(37)19-8-11-22(32-14-19)35-24(17-4-2-3-5-17)20-15-33-25(34-16-20)18-6-9-21(10-7-18)27(28,29)30/h6-11,14-17,24H,2-5,12-13H2,1H3,(H,31,37)(H,32,35)/t24-/m0/s1. The van der Waals surface area contributed by atoms with Crippen molar-refractivity contribution in [1.29, 1.82) is 0 Å². The van der Waals surface area contributed by atoms with Gasteiger partial charge in [-0.25, -0.2) is 15.0 Å². The Morgan fingerprint density at radius 3 is 2.26 bits per heavy atom. The van der Waals surface area contributed by atoms with Crippen LogP contribution >= 0.6 is 0 Å². The summed E-state index contributed by atoms with van der Waals surface area (Å²) < 4.78 is 43.1. The number of alkyl halides is 3. The summed E-state index contributed by atoms with van der Waals surface area (Å²) in [6.07, 6.45) is 4.82. The van der Waals surface area contributed by atoms with Gasteiger partial charge in [-0.1, -0.05) is 25.0 Å². The Bertz CT molecular complexity index is 1230. The molecule has 8 nitrogen and oxygen atoms in total. The number of halogens is 3. The Labute approximate surface area is 218 Å². The lowest BCUT2D eigenvalue weighted by atomic mass is 9.93. The van der Waals surface area contributed by atoms with Crippen molar-refractivity contribution in [1.82, 2.24) is 20.3 Å². The minimum atomic E-state index is -4.40. The maximum Gasteiger partial charge on any atom is 0.416 e. The molecular formula is C27H28F3N5O3. The van der Waals surface area contributed by atoms with Crippen LogP contribution in [0.4, 0.5) is 19.0 Å². The molecule has 3 aromatic rings. The molecule has 11 heteroatoms. The zero-order valence-corrected chi connectivity index (χ0v) is 20.8. The van der Waals surface area contributed by atoms with E-state index in [9.17, 15) is 22.8 Å². The second-order valence-electron chi connectivity index (χ2n) is 9.10. The van der Waals surface area contributed by atoms with E-state index in [1.54, 1.807) is 24.5 Å². The molecule has 0 bridgehead atoms. The number of nitrogens with zero attached hydrogens (tertiary/aromatic N) is 3. The van der Waals surface area contributed by atoms with E-state index in [0.29, 0.717) is 28.7 Å². The van der Waals surface area contributed by atoms with Crippen molar-refractivity contribution >= 4 is 17.7 Å². The van der Waals surface area contributed by atoms with Crippen LogP contribution in [-0.2, 0) is 15.7 Å². The van der Waals surface area contributed by atoms with E-state index in [1.807, 2.05) is 0 Å². The van der Waals surface area contributed by atoms with E-state index in [2.05, 4.69) is 30.3 Å². The molecule has 1 fully saturated rings. The number of hydrogen-bond acceptors (Lipinski definition) is 7. The summed E-state index contributed by atoms with van der Waals surface area (Å²) in [5.74, 6) is 0.511. The normalized spacial score (nSPS) is 14.6. The number of methoxy groups -OCH3 is 1. The van der Waals surface area contributed by atoms with Crippen molar-refractivity contribution in [2.45, 2.75) is 44.3 Å². The molecule has 0 unspecified atom stereocenters. The summed E-state index contributed by atoms with van der Waals surface area (Å²) in [5.41, 5.74) is 0.985. The molecule has 0 radical (unpaired) electrons. The lowest BCUT2D eigenvalue weighted by molar-refractivity contribution is -0.140. The lowest BCUT2D eigenvalue weighted by Crippen LogP contribution is -2.26. The second kappa shape index (κ2) is 12.0. The third kappa shape index (κ3) is 6.84. The predicted molar refractivity (Wildman–Crippen MR) is 134 cm³/mol. The second-order valence-corrected chi connectivity index (χ2v) is 9.10. The molecule has 0 saturated heterocycles. The zero-order valence-electron chi connectivity index (χ0n) is 20.8. The highest BCUT2D eigenvalue weighted by Crippen LogP contribution is 2.37. The average Bonchev–Trinajstić information content (AvgIpc) is 3.46. The van der Waals surface area contributed by atoms with Gasteiger partial charge in [-0.3, -0.25) is 9.59 Å². The van der Waals surface area contributed by atoms with Crippen LogP contribution in [-0.4, -0.2) is 40.5 Å². The lowest BCUT2D eigenvalue weighted by Gasteiger charge is -2.25. The molecule has 2 aromatic heterocycles. The summed E-state index contributed by atoms with van der Waals surface area (Å²) >= 11 is 0. The van der Waals surface area contributed by atoms with Crippen LogP contribution in [0.25, 0.3) is 11.4 Å². The molecule has 1 aliphatic rings. The number of ether oxygens (including phenoxy) is 1. The summed E-state index contributed by atoms with van der Waals surface area (Å²) in [6.45, 7) is 0.164. The van der Waals surface area contributed by atoms with Gasteiger partial charge >= 0.3 is 12.1 Å². The highest BCUT2D eigenvalue weighted by atomic mass is 19.4. The Kier molecular flexibility index (Phi) is 8.55. The SMILES string of the molecule is COC(=O)CCNC(=O)c1ccc(N[C@H](c2cnc(-c3ccc(C(F)(F)F)cc3)nc2)C2CCCC2)nc1. The number of amides is 1. The van der Waals surface area contributed by atoms with E-state index in [0.717, 1.165) is 43.4 Å². The van der Waals surface area contributed by atoms with Gasteiger partial charge in [-0.15, -0.1) is 0 Å². The number of pyridine rings is 1. The first-order chi connectivity index (χ1) is 18.2. The van der Waals surface area contributed by atoms with Gasteiger partial charge in [0.15, 0.2) is 5.82 Å². The molecule has 38 heavy (non-hydrogen) atoms. The number of carbonyl (C=O) groups excluding carboxylic acids is 2. The topological polar surface area (TPSA) is 106 Å². The summed E-state index contributed by atoms with van der Waals surface area (Å²) in [7, 11) is 1.29. The van der Waals surface area contributed by atoms with Crippen molar-refractivity contribution in [2.75, 3.05) is 19.0 Å². The minimum absolute atomic E-state index is 0.0815. The first kappa shape index (κ1) is 27.0. The first-order valence-corrected chi connectivity index (χ1v) is 12.3. The maximum absolute atomic E-state index is 12.9. The van der Waals surface area contributed by atoms with Crippen molar-refractivity contribution in [3.8, 4) is 11.4 Å². The molecule has 4 rings (SSSR count). The third-order valence-electron chi connectivity index (χ3n) is 6.54. The van der Waals surface area contributed by atoms with Gasteiger partial charge < -0.3 is 15.4 Å². The van der Waals surface area contributed by atoms with Gasteiger partial charge in [0.2, 0.25) is 0 Å². The minimum Gasteiger partial charge on any atom is -0.469 e. The highest BCUT2D eigenvalue weighted by molar-refractivity contribution is 5.94. The van der Waals surface area contributed by atoms with E-state index in [-0.39, 0.29) is 24.9 Å². The van der Waals surface area contributed by atoms with Crippen molar-refractivity contribution in [3.05, 3.63) is 71.7 Å². The smallest absolute Gasteiger partial charge is 0.416 e. The van der Waals surface area contributed by atoms with Crippen molar-refractivity contribution in [2.24, 2.45) is 5.92 Å². The Morgan fingerprint density at radius 1 is 1.00 bits per heavy atom. The van der Waals surface area contributed by atoms with Crippen LogP contribution in [0.1, 0.15) is 59.6 Å². The Morgan fingerprint density at radius 2 is 1.68 bits per heavy atom. The van der Waals surface area contributed by atoms with Crippen LogP contribution in [0.5, 0.6) is 0 Å². The molecule has 200 valence electrons. The van der Waals surface area contributed by atoms with Crippen molar-refractivity contribution in [3.63, 3.8) is 0 Å². The monoisotopic (exact) mass is 527 g/mol. The fraction of sp³-hybridized carbons (Fsp3) is 0.370. The van der Waals surface area contributed by atoms with Crippen LogP contribution in [0.15, 0.2) is 55.0 Å². The largest absolute Gasteiger partial charge is 0.469 e. The van der Waals surface area contributed by atoms with Gasteiger partial charge in [0.25, 0.3) is 5.91 Å². The summed E-state index contributed by atoms with van der Waals surface area (Å²) in [5, 5.41) is 6.10. The number of esters is 1. The molecular weight excluding hydrogens is 499 g/mol. The van der Waals surface area contributed by atoms with E-state index in [4.69, 9.17) is 0 Å². The summed E-state index contributed by atoms with van der Waals surface area (Å²) in [6, 6.07) is 8.01. The number of rotatable bonds is 9. The number of nitrogens with one attached hydrogen (secondary N) is 2. The summed E-state index contributed by atoms with van der Waals surface area (Å²) in [4.78, 5) is 36.7. The number of carbonyl (C=O) groups is 2. The van der Waals surface area contributed by atoms with E-state index in [1.165, 1.54) is 25.4 Å². The van der Waals surface area contributed by atoms with Crippen molar-refractivity contribution < 1.29 is 27.5 Å². The Hall–Kier alpha value is -4.02. The molecule has 0 spiro atoms. The molecule has 1 atom stereocenters. The molecule has 2 N–H and O–H groups in total. The van der Waals surface area contributed by atoms with E-state index < -0.39 is 17.7 Å².